The van der Waals surface area contributed by atoms with Crippen molar-refractivity contribution in [1.29, 1.82) is 0 Å². The molecule has 0 radical (unpaired) electrons. The molecule has 9 nitrogen and oxygen atoms in total. The average molecular weight is 422 g/mol. The molecule has 0 fully saturated rings. The van der Waals surface area contributed by atoms with Crippen molar-refractivity contribution in [2.75, 3.05) is 0 Å². The number of amidine groups is 1. The van der Waals surface area contributed by atoms with E-state index in [1.807, 2.05) is 0 Å². The van der Waals surface area contributed by atoms with Crippen molar-refractivity contribution in [3.8, 4) is 0 Å². The lowest BCUT2D eigenvalue weighted by Gasteiger charge is -2.09. The second-order valence-corrected chi connectivity index (χ2v) is 6.83. The number of nitrogens with zero attached hydrogens (tertiary/aromatic N) is 5. The molecule has 3 aromatic rings. The first kappa shape index (κ1) is 19.7. The number of nitrogens with two attached hydrogens (primary N) is 2. The lowest BCUT2D eigenvalue weighted by atomic mass is 10.2. The van der Waals surface area contributed by atoms with Crippen LogP contribution in [0, 0.1) is 0 Å². The summed E-state index contributed by atoms with van der Waals surface area (Å²) < 4.78 is 3.85. The van der Waals surface area contributed by atoms with Crippen LogP contribution in [-0.4, -0.2) is 24.5 Å². The number of hydrogen-bond donors (Lipinski definition) is 2. The molecule has 0 aliphatic rings. The van der Waals surface area contributed by atoms with Gasteiger partial charge in [0.2, 0.25) is 5.95 Å². The monoisotopic (exact) mass is 421 g/mol. The number of aryl methyl sites for hydroxylation is 2. The summed E-state index contributed by atoms with van der Waals surface area (Å²) in [5.74, 6) is 0.284. The van der Waals surface area contributed by atoms with Crippen LogP contribution in [0.3, 0.4) is 0 Å². The highest BCUT2D eigenvalue weighted by molar-refractivity contribution is 6.42. The fraction of sp³-hybridized carbons (Fsp3) is 0.176. The fourth-order valence-corrected chi connectivity index (χ4v) is 3.06. The summed E-state index contributed by atoms with van der Waals surface area (Å²) in [6, 6.07) is 4.92. The van der Waals surface area contributed by atoms with E-state index in [0.717, 1.165) is 4.57 Å². The quantitative estimate of drug-likeness (QED) is 0.484. The molecular formula is C17H17Cl2N7O2. The number of benzene rings is 1. The molecule has 2 aromatic heterocycles. The molecule has 11 heteroatoms. The molecule has 2 heterocycles. The first-order valence-electron chi connectivity index (χ1n) is 8.07. The number of fused-ring (bicyclic) bond motifs is 1. The normalized spacial score (nSPS) is 12.4. The zero-order chi connectivity index (χ0) is 20.6. The summed E-state index contributed by atoms with van der Waals surface area (Å²) in [5, 5.41) is 0.727. The van der Waals surface area contributed by atoms with Gasteiger partial charge in [-0.1, -0.05) is 29.3 Å². The second-order valence-electron chi connectivity index (χ2n) is 6.02. The average Bonchev–Trinajstić information content (AvgIpc) is 2.96. The van der Waals surface area contributed by atoms with Gasteiger partial charge in [-0.15, -0.1) is 0 Å². The van der Waals surface area contributed by atoms with Gasteiger partial charge in [0.15, 0.2) is 11.2 Å². The van der Waals surface area contributed by atoms with E-state index in [0.29, 0.717) is 15.6 Å². The van der Waals surface area contributed by atoms with Crippen molar-refractivity contribution >= 4 is 46.1 Å². The molecule has 3 rings (SSSR count). The zero-order valence-electron chi connectivity index (χ0n) is 15.1. The summed E-state index contributed by atoms with van der Waals surface area (Å²) in [6.45, 7) is 0.0279. The maximum atomic E-state index is 13.0. The van der Waals surface area contributed by atoms with Gasteiger partial charge in [0, 0.05) is 14.1 Å². The number of aliphatic imine (C=N–C) groups is 1. The third-order valence-corrected chi connectivity index (χ3v) is 4.90. The van der Waals surface area contributed by atoms with Crippen LogP contribution in [0.15, 0.2) is 45.1 Å². The SMILES string of the molecule is Cn1c(N=C(N)C=CN)nc2c1c(=O)n(Cc1ccc(Cl)c(Cl)c1)c(=O)n2C. The van der Waals surface area contributed by atoms with E-state index >= 15 is 0 Å². The van der Waals surface area contributed by atoms with Crippen LogP contribution in [0.1, 0.15) is 5.56 Å². The van der Waals surface area contributed by atoms with E-state index in [1.54, 1.807) is 25.2 Å². The predicted octanol–water partition coefficient (Wildman–Crippen LogP) is 1.25. The largest absolute Gasteiger partial charge is 0.404 e. The van der Waals surface area contributed by atoms with Crippen LogP contribution >= 0.6 is 23.2 Å². The molecule has 4 N–H and O–H groups in total. The first-order chi connectivity index (χ1) is 13.2. The van der Waals surface area contributed by atoms with Crippen molar-refractivity contribution in [3.05, 3.63) is 66.9 Å². The minimum absolute atomic E-state index is 0.0279. The van der Waals surface area contributed by atoms with Crippen molar-refractivity contribution in [2.24, 2.45) is 30.6 Å². The number of rotatable bonds is 4. The number of imidazole rings is 1. The molecule has 1 aromatic carbocycles. The van der Waals surface area contributed by atoms with E-state index in [2.05, 4.69) is 9.98 Å². The summed E-state index contributed by atoms with van der Waals surface area (Å²) in [5.41, 5.74) is 11.1. The van der Waals surface area contributed by atoms with Gasteiger partial charge in [-0.2, -0.15) is 9.98 Å². The number of hydrogen-bond acceptors (Lipinski definition) is 5. The minimum Gasteiger partial charge on any atom is -0.404 e. The highest BCUT2D eigenvalue weighted by atomic mass is 35.5. The number of aromatic nitrogens is 4. The van der Waals surface area contributed by atoms with Crippen molar-refractivity contribution in [1.82, 2.24) is 18.7 Å². The summed E-state index contributed by atoms with van der Waals surface area (Å²) >= 11 is 12.0. The topological polar surface area (TPSA) is 126 Å². The van der Waals surface area contributed by atoms with Gasteiger partial charge in [-0.25, -0.2) is 4.79 Å². The Bertz CT molecular complexity index is 1250. The van der Waals surface area contributed by atoms with Crippen LogP contribution in [0.2, 0.25) is 10.0 Å². The van der Waals surface area contributed by atoms with Crippen molar-refractivity contribution in [2.45, 2.75) is 6.54 Å². The second kappa shape index (κ2) is 7.53. The van der Waals surface area contributed by atoms with Gasteiger partial charge in [0.25, 0.3) is 5.56 Å². The Kier molecular flexibility index (Phi) is 5.30. The lowest BCUT2D eigenvalue weighted by molar-refractivity contribution is 0.655. The first-order valence-corrected chi connectivity index (χ1v) is 8.82. The van der Waals surface area contributed by atoms with Gasteiger partial charge in [-0.05, 0) is 30.0 Å². The van der Waals surface area contributed by atoms with E-state index in [1.165, 1.54) is 28.5 Å². The van der Waals surface area contributed by atoms with Gasteiger partial charge < -0.3 is 16.0 Å². The molecule has 0 aliphatic carbocycles. The Labute approximate surface area is 169 Å². The smallest absolute Gasteiger partial charge is 0.332 e. The molecule has 0 saturated carbocycles. The summed E-state index contributed by atoms with van der Waals surface area (Å²) in [4.78, 5) is 34.1. The molecule has 0 saturated heterocycles. The maximum absolute atomic E-state index is 13.0. The summed E-state index contributed by atoms with van der Waals surface area (Å²) in [7, 11) is 3.14. The molecule has 0 unspecified atom stereocenters. The van der Waals surface area contributed by atoms with E-state index in [-0.39, 0.29) is 29.5 Å². The summed E-state index contributed by atoms with van der Waals surface area (Å²) in [6.07, 6.45) is 2.63. The molecule has 146 valence electrons. The third-order valence-electron chi connectivity index (χ3n) is 4.16. The molecule has 0 atom stereocenters. The van der Waals surface area contributed by atoms with Crippen molar-refractivity contribution < 1.29 is 0 Å². The molecule has 28 heavy (non-hydrogen) atoms. The van der Waals surface area contributed by atoms with Crippen LogP contribution in [0.5, 0.6) is 0 Å². The van der Waals surface area contributed by atoms with Crippen LogP contribution in [0.4, 0.5) is 5.95 Å². The zero-order valence-corrected chi connectivity index (χ0v) is 16.6. The molecule has 0 aliphatic heterocycles. The van der Waals surface area contributed by atoms with Gasteiger partial charge >= 0.3 is 5.69 Å². The van der Waals surface area contributed by atoms with E-state index in [9.17, 15) is 9.59 Å². The van der Waals surface area contributed by atoms with Gasteiger partial charge in [0.05, 0.1) is 16.6 Å². The minimum atomic E-state index is -0.521. The predicted molar refractivity (Wildman–Crippen MR) is 110 cm³/mol. The third kappa shape index (κ3) is 3.41. The molecule has 0 spiro atoms. The fourth-order valence-electron chi connectivity index (χ4n) is 2.74. The van der Waals surface area contributed by atoms with Gasteiger partial charge in [-0.3, -0.25) is 13.9 Å². The Morgan fingerprint density at radius 3 is 2.57 bits per heavy atom. The maximum Gasteiger partial charge on any atom is 0.332 e. The van der Waals surface area contributed by atoms with E-state index in [4.69, 9.17) is 34.7 Å². The Hall–Kier alpha value is -3.04. The Balaban J connectivity index is 2.22. The van der Waals surface area contributed by atoms with Crippen LogP contribution in [-0.2, 0) is 20.6 Å². The lowest BCUT2D eigenvalue weighted by Crippen LogP contribution is -2.39. The highest BCUT2D eigenvalue weighted by Crippen LogP contribution is 2.23. The van der Waals surface area contributed by atoms with E-state index < -0.39 is 11.2 Å². The Morgan fingerprint density at radius 1 is 1.21 bits per heavy atom. The molecule has 0 bridgehead atoms. The molecular weight excluding hydrogens is 405 g/mol. The van der Waals surface area contributed by atoms with Crippen LogP contribution < -0.4 is 22.7 Å². The Morgan fingerprint density at radius 2 is 1.93 bits per heavy atom. The molecule has 0 amide bonds. The van der Waals surface area contributed by atoms with Gasteiger partial charge in [0.1, 0.15) is 5.84 Å². The standard InChI is InChI=1S/C17H17Cl2N7O2/c1-24-13-14(23-16(24)22-12(21)5-6-20)25(2)17(28)26(15(13)27)8-9-3-4-10(18)11(19)7-9/h3-7H,8,20H2,1-2H3,(H2,21,22,23). The van der Waals surface area contributed by atoms with Crippen molar-refractivity contribution in [3.63, 3.8) is 0 Å². The highest BCUT2D eigenvalue weighted by Gasteiger charge is 2.18. The number of halogens is 2. The van der Waals surface area contributed by atoms with Crippen LogP contribution in [0.25, 0.3) is 11.2 Å².